The fourth-order valence-corrected chi connectivity index (χ4v) is 2.29. The van der Waals surface area contributed by atoms with Crippen molar-refractivity contribution in [3.63, 3.8) is 0 Å². The molecule has 5 heteroatoms. The van der Waals surface area contributed by atoms with Gasteiger partial charge in [-0.15, -0.1) is 0 Å². The van der Waals surface area contributed by atoms with Crippen LogP contribution in [0.1, 0.15) is 39.0 Å². The van der Waals surface area contributed by atoms with Crippen LogP contribution in [0.5, 0.6) is 0 Å². The third-order valence-corrected chi connectivity index (χ3v) is 3.57. The fraction of sp³-hybridized carbons (Fsp3) is 0.846. The van der Waals surface area contributed by atoms with Gasteiger partial charge in [-0.2, -0.15) is 0 Å². The quantitative estimate of drug-likeness (QED) is 0.774. The largest absolute Gasteiger partial charge is 0.466 e. The molecule has 0 aromatic rings. The lowest BCUT2D eigenvalue weighted by atomic mass is 9.94. The summed E-state index contributed by atoms with van der Waals surface area (Å²) < 4.78 is 4.95. The topological polar surface area (TPSA) is 58.6 Å². The van der Waals surface area contributed by atoms with Crippen LogP contribution in [0.2, 0.25) is 0 Å². The second-order valence-electron chi connectivity index (χ2n) is 5.16. The van der Waals surface area contributed by atoms with Crippen LogP contribution in [0.3, 0.4) is 0 Å². The smallest absolute Gasteiger partial charge is 0.317 e. The van der Waals surface area contributed by atoms with Crippen molar-refractivity contribution in [3.05, 3.63) is 0 Å². The van der Waals surface area contributed by atoms with Gasteiger partial charge in [0, 0.05) is 25.6 Å². The van der Waals surface area contributed by atoms with E-state index < -0.39 is 0 Å². The molecule has 102 valence electrons. The molecule has 0 unspecified atom stereocenters. The van der Waals surface area contributed by atoms with E-state index in [-0.39, 0.29) is 12.0 Å². The molecule has 18 heavy (non-hydrogen) atoms. The molecule has 1 saturated carbocycles. The molecule has 2 fully saturated rings. The van der Waals surface area contributed by atoms with Gasteiger partial charge in [0.25, 0.3) is 0 Å². The van der Waals surface area contributed by atoms with Crippen LogP contribution in [-0.2, 0) is 9.53 Å². The summed E-state index contributed by atoms with van der Waals surface area (Å²) in [7, 11) is 0. The Hall–Kier alpha value is -1.26. The maximum absolute atomic E-state index is 11.8. The monoisotopic (exact) mass is 254 g/mol. The Morgan fingerprint density at radius 3 is 2.44 bits per heavy atom. The first kappa shape index (κ1) is 13.2. The van der Waals surface area contributed by atoms with Crippen LogP contribution in [0.15, 0.2) is 0 Å². The number of likely N-dealkylation sites (tertiary alicyclic amines) is 1. The van der Waals surface area contributed by atoms with Gasteiger partial charge >= 0.3 is 12.0 Å². The molecule has 0 aromatic carbocycles. The van der Waals surface area contributed by atoms with Crippen molar-refractivity contribution in [1.29, 1.82) is 0 Å². The van der Waals surface area contributed by atoms with E-state index in [9.17, 15) is 9.59 Å². The average Bonchev–Trinajstić information content (AvgIpc) is 3.14. The molecule has 5 nitrogen and oxygen atoms in total. The van der Waals surface area contributed by atoms with E-state index in [0.29, 0.717) is 25.0 Å². The highest BCUT2D eigenvalue weighted by Crippen LogP contribution is 2.23. The summed E-state index contributed by atoms with van der Waals surface area (Å²) in [4.78, 5) is 25.0. The number of nitrogens with zero attached hydrogens (tertiary/aromatic N) is 1. The number of esters is 1. The number of urea groups is 1. The first-order chi connectivity index (χ1) is 8.69. The third kappa shape index (κ3) is 3.89. The van der Waals surface area contributed by atoms with Crippen molar-refractivity contribution in [2.45, 2.75) is 45.1 Å². The van der Waals surface area contributed by atoms with Crippen LogP contribution in [0, 0.1) is 5.92 Å². The second kappa shape index (κ2) is 6.07. The van der Waals surface area contributed by atoms with Gasteiger partial charge in [-0.25, -0.2) is 4.79 Å². The Balaban J connectivity index is 1.67. The number of piperidine rings is 1. The maximum atomic E-state index is 11.8. The van der Waals surface area contributed by atoms with Crippen LogP contribution in [0.25, 0.3) is 0 Å². The molecule has 0 atom stereocenters. The Labute approximate surface area is 108 Å². The van der Waals surface area contributed by atoms with Gasteiger partial charge in [-0.05, 0) is 38.5 Å². The highest BCUT2D eigenvalue weighted by molar-refractivity contribution is 5.75. The molecule has 0 radical (unpaired) electrons. The second-order valence-corrected chi connectivity index (χ2v) is 5.16. The maximum Gasteiger partial charge on any atom is 0.317 e. The lowest BCUT2D eigenvalue weighted by Gasteiger charge is -2.31. The third-order valence-electron chi connectivity index (χ3n) is 3.57. The summed E-state index contributed by atoms with van der Waals surface area (Å²) in [6.07, 6.45) is 4.52. The summed E-state index contributed by atoms with van der Waals surface area (Å²) in [6.45, 7) is 3.77. The Morgan fingerprint density at radius 1 is 1.22 bits per heavy atom. The number of hydrogen-bond donors (Lipinski definition) is 1. The summed E-state index contributed by atoms with van der Waals surface area (Å²) in [5.74, 6) is 0.257. The normalized spacial score (nSPS) is 20.6. The lowest BCUT2D eigenvalue weighted by Crippen LogP contribution is -2.45. The van der Waals surface area contributed by atoms with Crippen molar-refractivity contribution in [1.82, 2.24) is 10.2 Å². The van der Waals surface area contributed by atoms with Crippen LogP contribution >= 0.6 is 0 Å². The minimum atomic E-state index is -0.113. The van der Waals surface area contributed by atoms with E-state index >= 15 is 0 Å². The zero-order valence-electron chi connectivity index (χ0n) is 11.0. The predicted molar refractivity (Wildman–Crippen MR) is 67.1 cm³/mol. The molecule has 2 rings (SSSR count). The van der Waals surface area contributed by atoms with Gasteiger partial charge in [0.15, 0.2) is 0 Å². The first-order valence-corrected chi connectivity index (χ1v) is 6.90. The molecule has 1 aliphatic carbocycles. The summed E-state index contributed by atoms with van der Waals surface area (Å²) in [6, 6.07) is 0.474. The van der Waals surface area contributed by atoms with Crippen LogP contribution in [-0.4, -0.2) is 42.6 Å². The van der Waals surface area contributed by atoms with E-state index in [1.54, 1.807) is 0 Å². The lowest BCUT2D eigenvalue weighted by molar-refractivity contribution is -0.144. The number of ether oxygens (including phenoxy) is 1. The molecule has 0 bridgehead atoms. The molecule has 2 amide bonds. The number of rotatable bonds is 4. The molecule has 2 aliphatic rings. The van der Waals surface area contributed by atoms with Crippen LogP contribution in [0.4, 0.5) is 4.79 Å². The highest BCUT2D eigenvalue weighted by atomic mass is 16.5. The van der Waals surface area contributed by atoms with Gasteiger partial charge in [0.2, 0.25) is 0 Å². The van der Waals surface area contributed by atoms with Crippen molar-refractivity contribution >= 4 is 12.0 Å². The standard InChI is InChI=1S/C13H22N2O3/c1-2-18-12(16)9-10-5-7-15(8-6-10)13(17)14-11-3-4-11/h10-11H,2-9H2,1H3,(H,14,17). The Bertz CT molecular complexity index is 307. The molecule has 1 saturated heterocycles. The van der Waals surface area contributed by atoms with Gasteiger partial charge < -0.3 is 15.0 Å². The van der Waals surface area contributed by atoms with Crippen LogP contribution < -0.4 is 5.32 Å². The zero-order chi connectivity index (χ0) is 13.0. The molecule has 1 N–H and O–H groups in total. The molecular weight excluding hydrogens is 232 g/mol. The number of carbonyl (C=O) groups excluding carboxylic acids is 2. The number of nitrogens with one attached hydrogen (secondary N) is 1. The molecular formula is C13H22N2O3. The molecule has 1 aliphatic heterocycles. The van der Waals surface area contributed by atoms with Crippen molar-refractivity contribution < 1.29 is 14.3 Å². The first-order valence-electron chi connectivity index (χ1n) is 6.90. The number of carbonyl (C=O) groups is 2. The number of amides is 2. The summed E-state index contributed by atoms with van der Waals surface area (Å²) >= 11 is 0. The van der Waals surface area contributed by atoms with Gasteiger partial charge in [0.05, 0.1) is 6.61 Å². The highest BCUT2D eigenvalue weighted by Gasteiger charge is 2.28. The molecule has 0 aromatic heterocycles. The SMILES string of the molecule is CCOC(=O)CC1CCN(C(=O)NC2CC2)CC1. The zero-order valence-corrected chi connectivity index (χ0v) is 11.0. The number of hydrogen-bond acceptors (Lipinski definition) is 3. The molecule has 1 heterocycles. The van der Waals surface area contributed by atoms with E-state index in [1.807, 2.05) is 11.8 Å². The van der Waals surface area contributed by atoms with E-state index in [2.05, 4.69) is 5.32 Å². The minimum Gasteiger partial charge on any atom is -0.466 e. The minimum absolute atomic E-state index is 0.0621. The van der Waals surface area contributed by atoms with Crippen molar-refractivity contribution in [2.24, 2.45) is 5.92 Å². The van der Waals surface area contributed by atoms with Gasteiger partial charge in [0.1, 0.15) is 0 Å². The van der Waals surface area contributed by atoms with E-state index in [4.69, 9.17) is 4.74 Å². The van der Waals surface area contributed by atoms with Gasteiger partial charge in [-0.1, -0.05) is 0 Å². The van der Waals surface area contributed by atoms with E-state index in [0.717, 1.165) is 38.8 Å². The average molecular weight is 254 g/mol. The molecule has 0 spiro atoms. The van der Waals surface area contributed by atoms with Gasteiger partial charge in [-0.3, -0.25) is 4.79 Å². The predicted octanol–water partition coefficient (Wildman–Crippen LogP) is 1.52. The van der Waals surface area contributed by atoms with E-state index in [1.165, 1.54) is 0 Å². The van der Waals surface area contributed by atoms with Crippen molar-refractivity contribution in [3.8, 4) is 0 Å². The Morgan fingerprint density at radius 2 is 1.89 bits per heavy atom. The summed E-state index contributed by atoms with van der Waals surface area (Å²) in [5.41, 5.74) is 0. The summed E-state index contributed by atoms with van der Waals surface area (Å²) in [5, 5.41) is 2.99. The fourth-order valence-electron chi connectivity index (χ4n) is 2.29. The van der Waals surface area contributed by atoms with Crippen molar-refractivity contribution in [2.75, 3.05) is 19.7 Å². The Kier molecular flexibility index (Phi) is 4.44.